The Morgan fingerprint density at radius 1 is 1.31 bits per heavy atom. The Bertz CT molecular complexity index is 956. The third-order valence-electron chi connectivity index (χ3n) is 4.09. The summed E-state index contributed by atoms with van der Waals surface area (Å²) in [4.78, 5) is 29.5. The number of hydrogen-bond acceptors (Lipinski definition) is 5. The van der Waals surface area contributed by atoms with E-state index in [9.17, 15) is 14.0 Å². The summed E-state index contributed by atoms with van der Waals surface area (Å²) in [5.74, 6) is -2.43. The van der Waals surface area contributed by atoms with E-state index in [1.807, 2.05) is 12.1 Å². The monoisotopic (exact) mass is 356 g/mol. The van der Waals surface area contributed by atoms with Gasteiger partial charge in [0.2, 0.25) is 0 Å². The van der Waals surface area contributed by atoms with Crippen molar-refractivity contribution < 1.29 is 18.7 Å². The Morgan fingerprint density at radius 2 is 2.12 bits per heavy atom. The Balaban J connectivity index is 1.95. The normalized spacial score (nSPS) is 12.0. The number of esters is 1. The highest BCUT2D eigenvalue weighted by molar-refractivity contribution is 6.32. The zero-order valence-corrected chi connectivity index (χ0v) is 14.3. The fourth-order valence-corrected chi connectivity index (χ4v) is 2.70. The average molecular weight is 356 g/mol. The second-order valence-electron chi connectivity index (χ2n) is 5.71. The Hall–Kier alpha value is -3.29. The smallest absolute Gasteiger partial charge is 0.396 e. The molecule has 1 atom stereocenters. The predicted octanol–water partition coefficient (Wildman–Crippen LogP) is 2.13. The van der Waals surface area contributed by atoms with Gasteiger partial charge in [-0.15, -0.1) is 0 Å². The molecule has 0 fully saturated rings. The zero-order chi connectivity index (χ0) is 18.7. The summed E-state index contributed by atoms with van der Waals surface area (Å²) in [6, 6.07) is 7.40. The van der Waals surface area contributed by atoms with Crippen molar-refractivity contribution in [3.8, 4) is 0 Å². The molecule has 0 aliphatic carbocycles. The van der Waals surface area contributed by atoms with Crippen LogP contribution in [0.5, 0.6) is 0 Å². The molecular weight excluding hydrogens is 339 g/mol. The number of carbonyl (C=O) groups excluding carboxylic acids is 2. The highest BCUT2D eigenvalue weighted by Crippen LogP contribution is 2.24. The van der Waals surface area contributed by atoms with E-state index in [2.05, 4.69) is 14.8 Å². The Kier molecular flexibility index (Phi) is 4.92. The molecule has 1 unspecified atom stereocenters. The van der Waals surface area contributed by atoms with Gasteiger partial charge in [-0.2, -0.15) is 5.10 Å². The van der Waals surface area contributed by atoms with Gasteiger partial charge in [0.05, 0.1) is 24.4 Å². The molecule has 0 aliphatic rings. The molecule has 0 spiro atoms. The summed E-state index contributed by atoms with van der Waals surface area (Å²) in [6.07, 6.45) is 4.84. The third-order valence-corrected chi connectivity index (χ3v) is 4.09. The van der Waals surface area contributed by atoms with Gasteiger partial charge in [-0.05, 0) is 42.8 Å². The molecule has 0 radical (unpaired) electrons. The molecule has 0 bridgehead atoms. The van der Waals surface area contributed by atoms with Gasteiger partial charge >= 0.3 is 11.9 Å². The van der Waals surface area contributed by atoms with Crippen LogP contribution in [0.25, 0.3) is 5.52 Å². The first kappa shape index (κ1) is 17.5. The number of aromatic nitrogens is 3. The van der Waals surface area contributed by atoms with Crippen LogP contribution in [0.2, 0.25) is 0 Å². The van der Waals surface area contributed by atoms with E-state index in [0.29, 0.717) is 0 Å². The fraction of sp³-hybridized carbons (Fsp3) is 0.222. The first-order chi connectivity index (χ1) is 12.5. The lowest BCUT2D eigenvalue weighted by Gasteiger charge is -2.28. The summed E-state index contributed by atoms with van der Waals surface area (Å²) in [5, 5.41) is 4.11. The molecule has 0 N–H and O–H groups in total. The molecule has 8 heteroatoms. The van der Waals surface area contributed by atoms with Crippen LogP contribution in [0.15, 0.2) is 48.9 Å². The summed E-state index contributed by atoms with van der Waals surface area (Å²) in [5.41, 5.74) is 1.68. The third kappa shape index (κ3) is 3.39. The number of nitrogens with zero attached hydrogens (tertiary/aromatic N) is 4. The van der Waals surface area contributed by atoms with Crippen molar-refractivity contribution in [2.75, 3.05) is 7.11 Å². The molecule has 3 rings (SSSR count). The largest absolute Gasteiger partial charge is 0.462 e. The summed E-state index contributed by atoms with van der Waals surface area (Å²) >= 11 is 0. The van der Waals surface area contributed by atoms with Crippen molar-refractivity contribution in [3.05, 3.63) is 66.0 Å². The number of fused-ring (bicyclic) bond motifs is 1. The van der Waals surface area contributed by atoms with Crippen molar-refractivity contribution in [2.24, 2.45) is 0 Å². The number of amides is 1. The van der Waals surface area contributed by atoms with Gasteiger partial charge in [-0.1, -0.05) is 0 Å². The van der Waals surface area contributed by atoms with Crippen LogP contribution >= 0.6 is 0 Å². The number of pyridine rings is 2. The van der Waals surface area contributed by atoms with E-state index < -0.39 is 23.7 Å². The second kappa shape index (κ2) is 7.30. The zero-order valence-electron chi connectivity index (χ0n) is 14.3. The van der Waals surface area contributed by atoms with Gasteiger partial charge in [-0.25, -0.2) is 13.7 Å². The summed E-state index contributed by atoms with van der Waals surface area (Å²) in [6.45, 7) is 1.70. The highest BCUT2D eigenvalue weighted by Gasteiger charge is 2.30. The Labute approximate surface area is 149 Å². The average Bonchev–Trinajstić information content (AvgIpc) is 3.12. The van der Waals surface area contributed by atoms with Gasteiger partial charge in [0.15, 0.2) is 0 Å². The molecular formula is C18H17FN4O3. The van der Waals surface area contributed by atoms with E-state index >= 15 is 0 Å². The number of halogens is 1. The molecule has 26 heavy (non-hydrogen) atoms. The predicted molar refractivity (Wildman–Crippen MR) is 90.4 cm³/mol. The molecule has 0 saturated carbocycles. The van der Waals surface area contributed by atoms with Crippen molar-refractivity contribution in [1.29, 1.82) is 0 Å². The molecule has 134 valence electrons. The van der Waals surface area contributed by atoms with Crippen molar-refractivity contribution in [1.82, 2.24) is 19.5 Å². The Morgan fingerprint density at radius 3 is 2.85 bits per heavy atom. The van der Waals surface area contributed by atoms with Crippen LogP contribution < -0.4 is 0 Å². The van der Waals surface area contributed by atoms with Crippen molar-refractivity contribution in [2.45, 2.75) is 19.5 Å². The lowest BCUT2D eigenvalue weighted by molar-refractivity contribution is -0.159. The molecule has 7 nitrogen and oxygen atoms in total. The van der Waals surface area contributed by atoms with Crippen molar-refractivity contribution in [3.63, 3.8) is 0 Å². The quantitative estimate of drug-likeness (QED) is 0.529. The van der Waals surface area contributed by atoms with Crippen LogP contribution in [0, 0.1) is 5.82 Å². The van der Waals surface area contributed by atoms with Crippen molar-refractivity contribution >= 4 is 17.4 Å². The topological polar surface area (TPSA) is 76.8 Å². The number of rotatable bonds is 4. The van der Waals surface area contributed by atoms with Gasteiger partial charge in [-0.3, -0.25) is 9.78 Å². The van der Waals surface area contributed by atoms with Crippen LogP contribution in [-0.2, 0) is 20.9 Å². The highest BCUT2D eigenvalue weighted by atomic mass is 19.1. The van der Waals surface area contributed by atoms with Gasteiger partial charge in [0.1, 0.15) is 5.82 Å². The number of hydrogen-bond donors (Lipinski definition) is 0. The van der Waals surface area contributed by atoms with E-state index in [1.54, 1.807) is 29.9 Å². The molecule has 1 amide bonds. The van der Waals surface area contributed by atoms with E-state index in [1.165, 1.54) is 23.2 Å². The standard InChI is InChI=1S/C18H17FN4O3/c1-12(16-15(19)4-3-7-20-16)22(17(24)18(25)26-2)11-13-6-9-23-14(10-13)5-8-21-23/h3-10,12H,11H2,1-2H3. The van der Waals surface area contributed by atoms with Crippen LogP contribution in [0.3, 0.4) is 0 Å². The van der Waals surface area contributed by atoms with Crippen LogP contribution in [0.1, 0.15) is 24.2 Å². The second-order valence-corrected chi connectivity index (χ2v) is 5.71. The molecule has 3 aromatic rings. The summed E-state index contributed by atoms with van der Waals surface area (Å²) in [7, 11) is 1.13. The first-order valence-electron chi connectivity index (χ1n) is 7.93. The van der Waals surface area contributed by atoms with Crippen LogP contribution in [0.4, 0.5) is 4.39 Å². The van der Waals surface area contributed by atoms with E-state index in [0.717, 1.165) is 18.2 Å². The maximum atomic E-state index is 14.1. The molecule has 3 aromatic heterocycles. The molecule has 3 heterocycles. The molecule has 0 aliphatic heterocycles. The maximum Gasteiger partial charge on any atom is 0.396 e. The lowest BCUT2D eigenvalue weighted by atomic mass is 10.1. The minimum absolute atomic E-state index is 0.0789. The summed E-state index contributed by atoms with van der Waals surface area (Å²) < 4.78 is 20.3. The number of methoxy groups -OCH3 is 1. The van der Waals surface area contributed by atoms with Gasteiger partial charge in [0.25, 0.3) is 0 Å². The first-order valence-corrected chi connectivity index (χ1v) is 7.93. The van der Waals surface area contributed by atoms with Gasteiger partial charge < -0.3 is 9.64 Å². The number of ether oxygens (including phenoxy) is 1. The molecule has 0 saturated heterocycles. The molecule has 0 aromatic carbocycles. The van der Waals surface area contributed by atoms with E-state index in [4.69, 9.17) is 0 Å². The van der Waals surface area contributed by atoms with E-state index in [-0.39, 0.29) is 12.2 Å². The minimum atomic E-state index is -1.02. The SMILES string of the molecule is COC(=O)C(=O)N(Cc1ccn2nccc2c1)C(C)c1ncccc1F. The minimum Gasteiger partial charge on any atom is -0.462 e. The fourth-order valence-electron chi connectivity index (χ4n) is 2.70. The maximum absolute atomic E-state index is 14.1. The number of carbonyl (C=O) groups is 2. The van der Waals surface area contributed by atoms with Gasteiger partial charge in [0, 0.05) is 25.1 Å². The van der Waals surface area contributed by atoms with Crippen LogP contribution in [-0.4, -0.2) is 38.5 Å². The lowest BCUT2D eigenvalue weighted by Crippen LogP contribution is -2.39.